The summed E-state index contributed by atoms with van der Waals surface area (Å²) in [7, 11) is 0. The maximum Gasteiger partial charge on any atom is 0.320 e. The molecule has 2 N–H and O–H groups in total. The lowest BCUT2D eigenvalue weighted by molar-refractivity contribution is -0.145. The van der Waals surface area contributed by atoms with Crippen LogP contribution in [0.2, 0.25) is 0 Å². The van der Waals surface area contributed by atoms with Crippen LogP contribution in [0.15, 0.2) is 54.6 Å². The molecule has 0 aliphatic carbocycles. The highest BCUT2D eigenvalue weighted by molar-refractivity contribution is 5.93. The minimum atomic E-state index is -0.845. The zero-order valence-electron chi connectivity index (χ0n) is 15.1. The van der Waals surface area contributed by atoms with E-state index in [1.165, 1.54) is 5.56 Å². The summed E-state index contributed by atoms with van der Waals surface area (Å²) in [5, 5.41) is 12.3. The van der Waals surface area contributed by atoms with Crippen molar-refractivity contribution in [3.63, 3.8) is 0 Å². The molecule has 2 aromatic rings. The lowest BCUT2D eigenvalue weighted by atomic mass is 10.0. The van der Waals surface area contributed by atoms with Crippen LogP contribution in [0.1, 0.15) is 30.4 Å². The van der Waals surface area contributed by atoms with E-state index in [9.17, 15) is 14.7 Å². The first-order valence-corrected chi connectivity index (χ1v) is 9.02. The van der Waals surface area contributed by atoms with E-state index in [0.717, 1.165) is 30.5 Å². The zero-order chi connectivity index (χ0) is 18.4. The first kappa shape index (κ1) is 20.9. The third-order valence-electron chi connectivity index (χ3n) is 4.77. The third-order valence-corrected chi connectivity index (χ3v) is 4.77. The Morgan fingerprint density at radius 1 is 1.04 bits per heavy atom. The highest BCUT2D eigenvalue weighted by Gasteiger charge is 2.29. The summed E-state index contributed by atoms with van der Waals surface area (Å²) in [5.74, 6) is -1.01. The Morgan fingerprint density at radius 2 is 1.74 bits per heavy atom. The SMILES string of the molecule is Cl.O=C(CN1CCCCC1C(=O)O)Nc1ccccc1Cc1ccccc1. The molecule has 1 aliphatic rings. The second-order valence-electron chi connectivity index (χ2n) is 6.69. The van der Waals surface area contributed by atoms with Crippen molar-refractivity contribution in [2.24, 2.45) is 0 Å². The third kappa shape index (κ3) is 5.81. The molecule has 5 nitrogen and oxygen atoms in total. The van der Waals surface area contributed by atoms with Crippen LogP contribution in [-0.4, -0.2) is 41.0 Å². The molecule has 3 rings (SSSR count). The van der Waals surface area contributed by atoms with E-state index in [1.54, 1.807) is 4.90 Å². The van der Waals surface area contributed by atoms with Gasteiger partial charge in [-0.05, 0) is 43.0 Å². The number of hydrogen-bond acceptors (Lipinski definition) is 3. The Labute approximate surface area is 165 Å². The molecule has 144 valence electrons. The van der Waals surface area contributed by atoms with Gasteiger partial charge in [0, 0.05) is 5.69 Å². The summed E-state index contributed by atoms with van der Waals surface area (Å²) in [4.78, 5) is 25.7. The largest absolute Gasteiger partial charge is 0.480 e. The monoisotopic (exact) mass is 388 g/mol. The summed E-state index contributed by atoms with van der Waals surface area (Å²) in [6.07, 6.45) is 3.17. The molecule has 0 bridgehead atoms. The Morgan fingerprint density at radius 3 is 2.48 bits per heavy atom. The number of carboxylic acid groups (broad SMARTS) is 1. The summed E-state index contributed by atoms with van der Waals surface area (Å²) in [6.45, 7) is 0.757. The number of halogens is 1. The number of hydrogen-bond donors (Lipinski definition) is 2. The Kier molecular flexibility index (Phi) is 7.82. The number of carbonyl (C=O) groups excluding carboxylic acids is 1. The van der Waals surface area contributed by atoms with Crippen molar-refractivity contribution in [2.45, 2.75) is 31.7 Å². The second kappa shape index (κ2) is 10.1. The van der Waals surface area contributed by atoms with Crippen molar-refractivity contribution in [1.29, 1.82) is 0 Å². The number of nitrogens with one attached hydrogen (secondary N) is 1. The van der Waals surface area contributed by atoms with E-state index in [1.807, 2.05) is 42.5 Å². The number of carbonyl (C=O) groups is 2. The average Bonchev–Trinajstić information content (AvgIpc) is 2.64. The molecule has 1 aliphatic heterocycles. The van der Waals surface area contributed by atoms with Gasteiger partial charge in [-0.2, -0.15) is 0 Å². The molecule has 1 unspecified atom stereocenters. The predicted molar refractivity (Wildman–Crippen MR) is 108 cm³/mol. The van der Waals surface area contributed by atoms with E-state index in [2.05, 4.69) is 17.4 Å². The van der Waals surface area contributed by atoms with Crippen molar-refractivity contribution in [3.8, 4) is 0 Å². The van der Waals surface area contributed by atoms with Gasteiger partial charge in [0.1, 0.15) is 6.04 Å². The van der Waals surface area contributed by atoms with Crippen LogP contribution in [-0.2, 0) is 16.0 Å². The molecule has 0 spiro atoms. The maximum atomic E-state index is 12.5. The molecule has 1 fully saturated rings. The smallest absolute Gasteiger partial charge is 0.320 e. The number of rotatable bonds is 6. The molecular formula is C21H25ClN2O3. The highest BCUT2D eigenvalue weighted by Crippen LogP contribution is 2.20. The molecular weight excluding hydrogens is 364 g/mol. The Bertz CT molecular complexity index is 767. The minimum absolute atomic E-state index is 0. The van der Waals surface area contributed by atoms with Crippen LogP contribution in [0, 0.1) is 0 Å². The first-order valence-electron chi connectivity index (χ1n) is 9.02. The van der Waals surface area contributed by atoms with E-state index >= 15 is 0 Å². The average molecular weight is 389 g/mol. The highest BCUT2D eigenvalue weighted by atomic mass is 35.5. The minimum Gasteiger partial charge on any atom is -0.480 e. The van der Waals surface area contributed by atoms with Crippen LogP contribution in [0.5, 0.6) is 0 Å². The lowest BCUT2D eigenvalue weighted by Crippen LogP contribution is -2.47. The van der Waals surface area contributed by atoms with Gasteiger partial charge in [0.25, 0.3) is 0 Å². The van der Waals surface area contributed by atoms with E-state index in [4.69, 9.17) is 0 Å². The van der Waals surface area contributed by atoms with E-state index in [-0.39, 0.29) is 24.9 Å². The summed E-state index contributed by atoms with van der Waals surface area (Å²) >= 11 is 0. The van der Waals surface area contributed by atoms with E-state index in [0.29, 0.717) is 13.0 Å². The normalized spacial score (nSPS) is 17.0. The molecule has 0 aromatic heterocycles. The number of para-hydroxylation sites is 1. The number of likely N-dealkylation sites (tertiary alicyclic amines) is 1. The Balaban J connectivity index is 0.00000261. The van der Waals surface area contributed by atoms with E-state index < -0.39 is 12.0 Å². The van der Waals surface area contributed by atoms with Crippen molar-refractivity contribution < 1.29 is 14.7 Å². The van der Waals surface area contributed by atoms with Gasteiger partial charge in [-0.25, -0.2) is 0 Å². The summed E-state index contributed by atoms with van der Waals surface area (Å²) < 4.78 is 0. The van der Waals surface area contributed by atoms with Gasteiger partial charge in [0.15, 0.2) is 0 Å². The Hall–Kier alpha value is -2.37. The second-order valence-corrected chi connectivity index (χ2v) is 6.69. The van der Waals surface area contributed by atoms with Gasteiger partial charge in [0.05, 0.1) is 6.54 Å². The standard InChI is InChI=1S/C21H24N2O3.ClH/c24-20(15-23-13-7-6-12-19(23)21(25)26)22-18-11-5-4-10-17(18)14-16-8-2-1-3-9-16;/h1-5,8-11,19H,6-7,12-15H2,(H,22,24)(H,25,26);1H. The van der Waals surface area contributed by atoms with Crippen molar-refractivity contribution in [1.82, 2.24) is 4.90 Å². The van der Waals surface area contributed by atoms with Crippen LogP contribution in [0.3, 0.4) is 0 Å². The molecule has 1 heterocycles. The predicted octanol–water partition coefficient (Wildman–Crippen LogP) is 3.58. The van der Waals surface area contributed by atoms with Gasteiger partial charge in [-0.1, -0.05) is 55.0 Å². The summed E-state index contributed by atoms with van der Waals surface area (Å²) in [5.41, 5.74) is 3.00. The number of amides is 1. The number of nitrogens with zero attached hydrogens (tertiary/aromatic N) is 1. The van der Waals surface area contributed by atoms with Crippen LogP contribution in [0.25, 0.3) is 0 Å². The quantitative estimate of drug-likeness (QED) is 0.793. The number of piperidine rings is 1. The van der Waals surface area contributed by atoms with Gasteiger partial charge < -0.3 is 10.4 Å². The lowest BCUT2D eigenvalue weighted by Gasteiger charge is -2.32. The van der Waals surface area contributed by atoms with Crippen LogP contribution >= 0.6 is 12.4 Å². The van der Waals surface area contributed by atoms with Gasteiger partial charge >= 0.3 is 5.97 Å². The number of carboxylic acids is 1. The number of anilines is 1. The first-order chi connectivity index (χ1) is 12.6. The molecule has 1 amide bonds. The van der Waals surface area contributed by atoms with Crippen LogP contribution < -0.4 is 5.32 Å². The van der Waals surface area contributed by atoms with Crippen molar-refractivity contribution in [3.05, 3.63) is 65.7 Å². The molecule has 6 heteroatoms. The molecule has 2 aromatic carbocycles. The van der Waals surface area contributed by atoms with Gasteiger partial charge in [-0.3, -0.25) is 14.5 Å². The molecule has 0 saturated carbocycles. The number of benzene rings is 2. The molecule has 1 saturated heterocycles. The van der Waals surface area contributed by atoms with Crippen molar-refractivity contribution in [2.75, 3.05) is 18.4 Å². The molecule has 1 atom stereocenters. The number of aliphatic carboxylic acids is 1. The topological polar surface area (TPSA) is 69.6 Å². The van der Waals surface area contributed by atoms with Gasteiger partial charge in [0.2, 0.25) is 5.91 Å². The fourth-order valence-electron chi connectivity index (χ4n) is 3.45. The van der Waals surface area contributed by atoms with Crippen molar-refractivity contribution >= 4 is 30.0 Å². The van der Waals surface area contributed by atoms with Gasteiger partial charge in [-0.15, -0.1) is 12.4 Å². The fraction of sp³-hybridized carbons (Fsp3) is 0.333. The summed E-state index contributed by atoms with van der Waals surface area (Å²) in [6, 6.07) is 17.3. The maximum absolute atomic E-state index is 12.5. The zero-order valence-corrected chi connectivity index (χ0v) is 16.0. The molecule has 0 radical (unpaired) electrons. The van der Waals surface area contributed by atoms with Crippen LogP contribution in [0.4, 0.5) is 5.69 Å². The fourth-order valence-corrected chi connectivity index (χ4v) is 3.45. The molecule has 27 heavy (non-hydrogen) atoms.